The van der Waals surface area contributed by atoms with Crippen LogP contribution in [-0.2, 0) is 29.1 Å². The van der Waals surface area contributed by atoms with Crippen molar-refractivity contribution >= 4 is 22.0 Å². The van der Waals surface area contributed by atoms with Gasteiger partial charge in [0.05, 0.1) is 18.9 Å². The predicted molar refractivity (Wildman–Crippen MR) is 97.7 cm³/mol. The molecule has 1 aromatic rings. The molecule has 1 unspecified atom stereocenters. The number of benzene rings is 1. The van der Waals surface area contributed by atoms with Crippen LogP contribution in [0.2, 0.25) is 0 Å². The monoisotopic (exact) mass is 383 g/mol. The molecule has 1 rings (SSSR count). The summed E-state index contributed by atoms with van der Waals surface area (Å²) in [5.74, 6) is -1.53. The highest BCUT2D eigenvalue weighted by Gasteiger charge is 2.26. The van der Waals surface area contributed by atoms with E-state index in [0.717, 1.165) is 12.2 Å². The van der Waals surface area contributed by atoms with Crippen LogP contribution in [0.1, 0.15) is 32.4 Å². The van der Waals surface area contributed by atoms with E-state index in [9.17, 15) is 18.0 Å². The van der Waals surface area contributed by atoms with Gasteiger partial charge in [0, 0.05) is 12.2 Å². The van der Waals surface area contributed by atoms with Gasteiger partial charge < -0.3 is 9.47 Å². The van der Waals surface area contributed by atoms with Crippen LogP contribution in [0.4, 0.5) is 0 Å². The van der Waals surface area contributed by atoms with Crippen LogP contribution in [0, 0.1) is 5.41 Å². The second kappa shape index (κ2) is 9.49. The lowest BCUT2D eigenvalue weighted by Crippen LogP contribution is -2.37. The van der Waals surface area contributed by atoms with E-state index in [1.807, 2.05) is 20.8 Å². The third-order valence-electron chi connectivity index (χ3n) is 3.10. The summed E-state index contributed by atoms with van der Waals surface area (Å²) in [6, 6.07) is 8.07. The fourth-order valence-electron chi connectivity index (χ4n) is 2.13. The van der Waals surface area contributed by atoms with Crippen molar-refractivity contribution in [2.45, 2.75) is 26.8 Å². The first-order chi connectivity index (χ1) is 12.0. The van der Waals surface area contributed by atoms with E-state index in [4.69, 9.17) is 4.74 Å². The molecule has 26 heavy (non-hydrogen) atoms. The summed E-state index contributed by atoms with van der Waals surface area (Å²) in [5, 5.41) is 0. The van der Waals surface area contributed by atoms with Gasteiger partial charge in [-0.2, -0.15) is 0 Å². The van der Waals surface area contributed by atoms with E-state index >= 15 is 0 Å². The number of hydrogen-bond donors (Lipinski definition) is 1. The van der Waals surface area contributed by atoms with E-state index in [-0.39, 0.29) is 12.4 Å². The summed E-state index contributed by atoms with van der Waals surface area (Å²) in [6.07, 6.45) is 1.86. The molecule has 8 heteroatoms. The number of carbonyl (C=O) groups excluding carboxylic acids is 2. The van der Waals surface area contributed by atoms with Crippen molar-refractivity contribution in [1.29, 1.82) is 0 Å². The molecular weight excluding hydrogens is 358 g/mol. The molecule has 1 N–H and O–H groups in total. The Labute approximate surface area is 154 Å². The Morgan fingerprint density at radius 3 is 2.23 bits per heavy atom. The Kier molecular flexibility index (Phi) is 7.98. The van der Waals surface area contributed by atoms with Crippen molar-refractivity contribution in [3.05, 3.63) is 48.0 Å². The first-order valence-corrected chi connectivity index (χ1v) is 9.65. The topological polar surface area (TPSA) is 98.8 Å². The summed E-state index contributed by atoms with van der Waals surface area (Å²) in [5.41, 5.74) is 0.238. The lowest BCUT2D eigenvalue weighted by Gasteiger charge is -2.23. The molecule has 0 spiro atoms. The van der Waals surface area contributed by atoms with Gasteiger partial charge in [-0.25, -0.2) is 22.7 Å². The fraction of sp³-hybridized carbons (Fsp3) is 0.444. The Morgan fingerprint density at radius 2 is 1.69 bits per heavy atom. The van der Waals surface area contributed by atoms with E-state index in [0.29, 0.717) is 5.56 Å². The molecule has 0 aliphatic rings. The first kappa shape index (κ1) is 21.9. The van der Waals surface area contributed by atoms with E-state index in [1.165, 1.54) is 7.11 Å². The normalized spacial score (nSPS) is 13.4. The maximum absolute atomic E-state index is 12.4. The molecule has 144 valence electrons. The van der Waals surface area contributed by atoms with Crippen molar-refractivity contribution in [2.75, 3.05) is 19.5 Å². The van der Waals surface area contributed by atoms with Crippen molar-refractivity contribution < 1.29 is 27.5 Å². The van der Waals surface area contributed by atoms with Gasteiger partial charge in [0.15, 0.2) is 0 Å². The van der Waals surface area contributed by atoms with Gasteiger partial charge in [0.1, 0.15) is 6.61 Å². The van der Waals surface area contributed by atoms with E-state index in [2.05, 4.69) is 9.46 Å². The molecule has 1 atom stereocenters. The SMILES string of the molecule is COC(=O)/C=C/C(=O)OCC(NS(=O)(=O)CC(C)(C)C)c1ccccc1. The van der Waals surface area contributed by atoms with Gasteiger partial charge >= 0.3 is 11.9 Å². The van der Waals surface area contributed by atoms with Gasteiger partial charge in [-0.1, -0.05) is 51.1 Å². The van der Waals surface area contributed by atoms with Crippen LogP contribution in [0.5, 0.6) is 0 Å². The zero-order valence-electron chi connectivity index (χ0n) is 15.4. The number of ether oxygens (including phenoxy) is 2. The molecule has 0 saturated carbocycles. The highest BCUT2D eigenvalue weighted by Crippen LogP contribution is 2.19. The maximum atomic E-state index is 12.4. The molecule has 0 fully saturated rings. The molecule has 0 saturated heterocycles. The zero-order valence-corrected chi connectivity index (χ0v) is 16.2. The summed E-state index contributed by atoms with van der Waals surface area (Å²) in [6.45, 7) is 5.25. The molecule has 0 aromatic heterocycles. The van der Waals surface area contributed by atoms with Crippen molar-refractivity contribution in [2.24, 2.45) is 5.41 Å². The van der Waals surface area contributed by atoms with Crippen LogP contribution in [-0.4, -0.2) is 39.8 Å². The van der Waals surface area contributed by atoms with Crippen molar-refractivity contribution in [3.63, 3.8) is 0 Å². The average Bonchev–Trinajstić information content (AvgIpc) is 2.54. The average molecular weight is 383 g/mol. The highest BCUT2D eigenvalue weighted by molar-refractivity contribution is 7.89. The van der Waals surface area contributed by atoms with Crippen LogP contribution in [0.3, 0.4) is 0 Å². The molecule has 0 bridgehead atoms. The Hall–Kier alpha value is -2.19. The van der Waals surface area contributed by atoms with E-state index < -0.39 is 33.4 Å². The minimum absolute atomic E-state index is 0.0699. The second-order valence-corrected chi connectivity index (χ2v) is 8.64. The minimum atomic E-state index is -3.60. The highest BCUT2D eigenvalue weighted by atomic mass is 32.2. The number of carbonyl (C=O) groups is 2. The molecule has 0 aliphatic carbocycles. The Bertz CT molecular complexity index is 735. The third kappa shape index (κ3) is 8.77. The van der Waals surface area contributed by atoms with Crippen LogP contribution in [0.25, 0.3) is 0 Å². The summed E-state index contributed by atoms with van der Waals surface area (Å²) < 4.78 is 36.8. The van der Waals surface area contributed by atoms with Gasteiger partial charge in [-0.15, -0.1) is 0 Å². The number of hydrogen-bond acceptors (Lipinski definition) is 6. The molecule has 1 aromatic carbocycles. The smallest absolute Gasteiger partial charge is 0.331 e. The molecule has 0 aliphatic heterocycles. The lowest BCUT2D eigenvalue weighted by molar-refractivity contribution is -0.139. The Balaban J connectivity index is 2.86. The number of sulfonamides is 1. The molecule has 0 radical (unpaired) electrons. The van der Waals surface area contributed by atoms with Gasteiger partial charge in [0.2, 0.25) is 10.0 Å². The van der Waals surface area contributed by atoms with Crippen molar-refractivity contribution in [1.82, 2.24) is 4.72 Å². The third-order valence-corrected chi connectivity index (χ3v) is 4.99. The fourth-order valence-corrected chi connectivity index (χ4v) is 3.99. The summed E-state index contributed by atoms with van der Waals surface area (Å²) in [4.78, 5) is 22.7. The zero-order chi connectivity index (χ0) is 19.8. The first-order valence-electron chi connectivity index (χ1n) is 8.00. The van der Waals surface area contributed by atoms with Gasteiger partial charge in [-0.05, 0) is 11.0 Å². The van der Waals surface area contributed by atoms with Crippen molar-refractivity contribution in [3.8, 4) is 0 Å². The molecular formula is C18H25NO6S. The maximum Gasteiger partial charge on any atom is 0.331 e. The standard InChI is InChI=1S/C18H25NO6S/c1-18(2,3)13-26(22,23)19-15(14-8-6-5-7-9-14)12-25-17(21)11-10-16(20)24-4/h5-11,15,19H,12-13H2,1-4H3/b11-10+. The minimum Gasteiger partial charge on any atom is -0.466 e. The lowest BCUT2D eigenvalue weighted by atomic mass is 10.0. The van der Waals surface area contributed by atoms with E-state index in [1.54, 1.807) is 30.3 Å². The number of nitrogens with one attached hydrogen (secondary N) is 1. The van der Waals surface area contributed by atoms with Crippen LogP contribution < -0.4 is 4.72 Å². The summed E-state index contributed by atoms with van der Waals surface area (Å²) >= 11 is 0. The van der Waals surface area contributed by atoms with Crippen LogP contribution in [0.15, 0.2) is 42.5 Å². The quantitative estimate of drug-likeness (QED) is 0.544. The second-order valence-electron chi connectivity index (χ2n) is 6.89. The number of rotatable bonds is 8. The molecule has 0 amide bonds. The predicted octanol–water partition coefficient (Wildman–Crippen LogP) is 1.97. The number of esters is 2. The Morgan fingerprint density at radius 1 is 1.12 bits per heavy atom. The van der Waals surface area contributed by atoms with Gasteiger partial charge in [-0.3, -0.25) is 0 Å². The van der Waals surface area contributed by atoms with Crippen LogP contribution >= 0.6 is 0 Å². The molecule has 0 heterocycles. The molecule has 7 nitrogen and oxygen atoms in total. The van der Waals surface area contributed by atoms with Gasteiger partial charge in [0.25, 0.3) is 0 Å². The summed E-state index contributed by atoms with van der Waals surface area (Å²) in [7, 11) is -2.41. The number of methoxy groups -OCH3 is 1. The largest absolute Gasteiger partial charge is 0.466 e.